The molecule has 8 heteroatoms. The fourth-order valence-corrected chi connectivity index (χ4v) is 6.02. The smallest absolute Gasteiger partial charge is 0.136 e. The molecule has 0 radical (unpaired) electrons. The van der Waals surface area contributed by atoms with E-state index in [1.807, 2.05) is 18.2 Å². The van der Waals surface area contributed by atoms with Crippen LogP contribution >= 0.6 is 0 Å². The van der Waals surface area contributed by atoms with E-state index in [2.05, 4.69) is 15.4 Å². The number of benzene rings is 1. The molecule has 0 bridgehead atoms. The van der Waals surface area contributed by atoms with Crippen LogP contribution in [0, 0.1) is 17.7 Å². The Balaban J connectivity index is 1.17. The maximum absolute atomic E-state index is 13.8. The molecule has 1 aromatic carbocycles. The minimum atomic E-state index is -0.503. The zero-order chi connectivity index (χ0) is 25.1. The Labute approximate surface area is 211 Å². The molecule has 0 unspecified atom stereocenters. The first-order valence-electron chi connectivity index (χ1n) is 12.9. The zero-order valence-corrected chi connectivity index (χ0v) is 20.8. The molecule has 3 aliphatic rings. The number of anilines is 1. The van der Waals surface area contributed by atoms with Crippen molar-refractivity contribution in [2.45, 2.75) is 57.1 Å². The average Bonchev–Trinajstić information content (AvgIpc) is 2.85. The number of ketones is 1. The zero-order valence-electron chi connectivity index (χ0n) is 20.8. The molecule has 2 aromatic rings. The van der Waals surface area contributed by atoms with Crippen LogP contribution < -0.4 is 16.0 Å². The van der Waals surface area contributed by atoms with Gasteiger partial charge in [0.25, 0.3) is 0 Å². The Kier molecular flexibility index (Phi) is 7.25. The van der Waals surface area contributed by atoms with Gasteiger partial charge < -0.3 is 10.5 Å². The highest BCUT2D eigenvalue weighted by atomic mass is 19.1. The van der Waals surface area contributed by atoms with E-state index in [0.29, 0.717) is 40.9 Å². The second-order valence-electron chi connectivity index (χ2n) is 10.4. The number of rotatable bonds is 7. The maximum atomic E-state index is 13.8. The molecule has 36 heavy (non-hydrogen) atoms. The lowest BCUT2D eigenvalue weighted by molar-refractivity contribution is -0.126. The summed E-state index contributed by atoms with van der Waals surface area (Å²) < 4.78 is 20.2. The number of fused-ring (bicyclic) bond motifs is 1. The molecule has 3 heterocycles. The molecule has 2 aliphatic heterocycles. The van der Waals surface area contributed by atoms with E-state index >= 15 is 0 Å². The van der Waals surface area contributed by atoms with Crippen LogP contribution in [0.1, 0.15) is 56.1 Å². The summed E-state index contributed by atoms with van der Waals surface area (Å²) in [6.07, 6.45) is 9.68. The summed E-state index contributed by atoms with van der Waals surface area (Å²) in [4.78, 5) is 24.9. The van der Waals surface area contributed by atoms with E-state index in [4.69, 9.17) is 15.3 Å². The number of pyridine rings is 1. The molecule has 192 valence electrons. The van der Waals surface area contributed by atoms with Crippen molar-refractivity contribution < 1.29 is 18.8 Å². The summed E-state index contributed by atoms with van der Waals surface area (Å²) in [5.74, 6) is 1.70. The number of hydroxylamine groups is 1. The number of nitrogens with zero attached hydrogens (tertiary/aromatic N) is 2. The van der Waals surface area contributed by atoms with Gasteiger partial charge in [-0.15, -0.1) is 0 Å². The summed E-state index contributed by atoms with van der Waals surface area (Å²) >= 11 is 0. The highest BCUT2D eigenvalue weighted by Gasteiger charge is 2.41. The van der Waals surface area contributed by atoms with Crippen LogP contribution in [0.15, 0.2) is 42.6 Å². The van der Waals surface area contributed by atoms with Crippen molar-refractivity contribution in [1.82, 2.24) is 15.4 Å². The van der Waals surface area contributed by atoms with Crippen LogP contribution in [0.4, 0.5) is 10.2 Å². The highest BCUT2D eigenvalue weighted by Crippen LogP contribution is 2.44. The molecular formula is C28H35FN4O3. The largest absolute Gasteiger partial charge is 0.482 e. The fraction of sp³-hybridized carbons (Fsp3) is 0.500. The van der Waals surface area contributed by atoms with E-state index in [1.54, 1.807) is 12.3 Å². The molecule has 7 nitrogen and oxygen atoms in total. The number of halogens is 1. The van der Waals surface area contributed by atoms with Crippen molar-refractivity contribution in [3.8, 4) is 5.75 Å². The van der Waals surface area contributed by atoms with Gasteiger partial charge in [-0.2, -0.15) is 0 Å². The first-order chi connectivity index (χ1) is 17.4. The van der Waals surface area contributed by atoms with Crippen LogP contribution in [0.5, 0.6) is 5.75 Å². The van der Waals surface area contributed by atoms with Gasteiger partial charge in [-0.1, -0.05) is 0 Å². The van der Waals surface area contributed by atoms with Gasteiger partial charge in [0, 0.05) is 37.2 Å². The molecule has 1 atom stereocenters. The number of piperidine rings is 1. The van der Waals surface area contributed by atoms with Crippen molar-refractivity contribution in [3.63, 3.8) is 0 Å². The molecule has 1 saturated heterocycles. The highest BCUT2D eigenvalue weighted by molar-refractivity contribution is 5.81. The predicted molar refractivity (Wildman–Crippen MR) is 136 cm³/mol. The van der Waals surface area contributed by atoms with Gasteiger partial charge in [-0.05, 0) is 93.0 Å². The van der Waals surface area contributed by atoms with Crippen LogP contribution in [0.2, 0.25) is 0 Å². The number of Topliss-reactive ketones (excluding diaryl/α,β-unsaturated/α-hetero) is 1. The van der Waals surface area contributed by atoms with E-state index in [1.165, 1.54) is 24.8 Å². The van der Waals surface area contributed by atoms with Gasteiger partial charge in [0.05, 0.1) is 12.8 Å². The third kappa shape index (κ3) is 5.55. The van der Waals surface area contributed by atoms with Crippen molar-refractivity contribution in [2.24, 2.45) is 11.8 Å². The molecule has 1 spiro atoms. The summed E-state index contributed by atoms with van der Waals surface area (Å²) in [6.45, 7) is 2.83. The molecule has 3 N–H and O–H groups in total. The SMILES string of the molecule is CONC1=CC2(CCC(C(=O)C[C@@H]3CCCN(Cc4ccnc(N)c4)C3)CC2)Oc2ccc(F)cc21. The Morgan fingerprint density at radius 2 is 2.11 bits per heavy atom. The average molecular weight is 495 g/mol. The summed E-state index contributed by atoms with van der Waals surface area (Å²) in [7, 11) is 1.54. The Morgan fingerprint density at radius 3 is 2.89 bits per heavy atom. The van der Waals surface area contributed by atoms with Gasteiger partial charge in [-0.3, -0.25) is 20.0 Å². The lowest BCUT2D eigenvalue weighted by Gasteiger charge is -2.41. The summed E-state index contributed by atoms with van der Waals surface area (Å²) in [5, 5.41) is 0. The molecule has 5 rings (SSSR count). The number of likely N-dealkylation sites (tertiary alicyclic amines) is 1. The topological polar surface area (TPSA) is 89.7 Å². The van der Waals surface area contributed by atoms with Crippen LogP contribution in [-0.4, -0.2) is 41.5 Å². The normalized spacial score (nSPS) is 26.1. The van der Waals surface area contributed by atoms with Crippen LogP contribution in [0.3, 0.4) is 0 Å². The number of carbonyl (C=O) groups is 1. The third-order valence-corrected chi connectivity index (χ3v) is 7.80. The lowest BCUT2D eigenvalue weighted by Crippen LogP contribution is -2.43. The van der Waals surface area contributed by atoms with E-state index in [0.717, 1.165) is 58.2 Å². The molecule has 0 amide bonds. The third-order valence-electron chi connectivity index (χ3n) is 7.80. The Bertz CT molecular complexity index is 1130. The molecular weight excluding hydrogens is 459 g/mol. The van der Waals surface area contributed by atoms with Crippen molar-refractivity contribution in [2.75, 3.05) is 25.9 Å². The van der Waals surface area contributed by atoms with Gasteiger partial charge >= 0.3 is 0 Å². The standard InChI is InChI=1S/C28H35FN4O3/c1-35-32-24-16-28(36-26-5-4-22(29)15-23(24)26)9-6-21(7-10-28)25(34)13-19-3-2-12-33(17-19)18-20-8-11-31-27(30)14-20/h4-5,8,11,14-16,19,21,32H,2-3,6-7,9-10,12-13,17-18H2,1H3,(H2,30,31)/t19-,21?,28?/m0/s1. The maximum Gasteiger partial charge on any atom is 0.136 e. The van der Waals surface area contributed by atoms with Crippen molar-refractivity contribution in [1.29, 1.82) is 0 Å². The quantitative estimate of drug-likeness (QED) is 0.548. The van der Waals surface area contributed by atoms with Gasteiger partial charge in [0.1, 0.15) is 28.8 Å². The number of aromatic nitrogens is 1. The monoisotopic (exact) mass is 494 g/mol. The predicted octanol–water partition coefficient (Wildman–Crippen LogP) is 4.49. The van der Waals surface area contributed by atoms with Gasteiger partial charge in [0.15, 0.2) is 0 Å². The molecule has 2 fully saturated rings. The molecule has 1 aromatic heterocycles. The first kappa shape index (κ1) is 24.7. The minimum Gasteiger partial charge on any atom is -0.482 e. The summed E-state index contributed by atoms with van der Waals surface area (Å²) in [5.41, 5.74) is 10.7. The number of nitrogens with two attached hydrogens (primary N) is 1. The number of carbonyl (C=O) groups excluding carboxylic acids is 1. The Hall–Kier alpha value is -2.97. The van der Waals surface area contributed by atoms with Gasteiger partial charge in [0.2, 0.25) is 0 Å². The fourth-order valence-electron chi connectivity index (χ4n) is 6.02. The number of hydrogen-bond donors (Lipinski definition) is 2. The number of nitrogen functional groups attached to an aromatic ring is 1. The van der Waals surface area contributed by atoms with Crippen molar-refractivity contribution in [3.05, 3.63) is 59.5 Å². The number of ether oxygens (including phenoxy) is 1. The molecule has 1 saturated carbocycles. The number of nitrogens with one attached hydrogen (secondary N) is 1. The minimum absolute atomic E-state index is 0.0662. The van der Waals surface area contributed by atoms with E-state index < -0.39 is 5.60 Å². The van der Waals surface area contributed by atoms with E-state index in [-0.39, 0.29) is 11.7 Å². The van der Waals surface area contributed by atoms with E-state index in [9.17, 15) is 9.18 Å². The first-order valence-corrected chi connectivity index (χ1v) is 12.9. The summed E-state index contributed by atoms with van der Waals surface area (Å²) in [6, 6.07) is 8.47. The molecule has 1 aliphatic carbocycles. The second-order valence-corrected chi connectivity index (χ2v) is 10.4. The van der Waals surface area contributed by atoms with Gasteiger partial charge in [-0.25, -0.2) is 9.37 Å². The van der Waals surface area contributed by atoms with Crippen LogP contribution in [-0.2, 0) is 16.2 Å². The second kappa shape index (κ2) is 10.6. The number of hydrogen-bond acceptors (Lipinski definition) is 7. The Morgan fingerprint density at radius 1 is 1.28 bits per heavy atom. The lowest BCUT2D eigenvalue weighted by atomic mass is 9.74. The van der Waals surface area contributed by atoms with Crippen molar-refractivity contribution >= 4 is 17.3 Å². The van der Waals surface area contributed by atoms with Crippen LogP contribution in [0.25, 0.3) is 5.70 Å².